The van der Waals surface area contributed by atoms with Crippen molar-refractivity contribution in [1.82, 2.24) is 0 Å². The highest BCUT2D eigenvalue weighted by Crippen LogP contribution is 2.41. The second kappa shape index (κ2) is 4.62. The average molecular weight is 289 g/mol. The Morgan fingerprint density at radius 1 is 1.20 bits per heavy atom. The molecule has 0 spiro atoms. The number of Topliss-reactive ketones (excluding diaryl/α,β-unsaturated/α-hetero) is 1. The molecule has 2 aromatic carbocycles. The standard InChI is InChI=1S/C16H13ClO3/c1-10-15(18)13-7-2-3-8-14(13)20-16(10,19)11-5-4-6-12(17)9-11/h2-10,19H,1H3/t10-,16-/m1/s1. The Morgan fingerprint density at radius 2 is 1.95 bits per heavy atom. The first-order valence-electron chi connectivity index (χ1n) is 6.33. The molecule has 102 valence electrons. The third-order valence-electron chi connectivity index (χ3n) is 3.64. The molecule has 0 amide bonds. The summed E-state index contributed by atoms with van der Waals surface area (Å²) in [5, 5.41) is 11.3. The number of para-hydroxylation sites is 1. The summed E-state index contributed by atoms with van der Waals surface area (Å²) in [5.41, 5.74) is 0.965. The third-order valence-corrected chi connectivity index (χ3v) is 3.87. The Bertz CT molecular complexity index is 683. The predicted octanol–water partition coefficient (Wildman–Crippen LogP) is 3.40. The fraction of sp³-hybridized carbons (Fsp3) is 0.188. The van der Waals surface area contributed by atoms with Gasteiger partial charge in [-0.2, -0.15) is 0 Å². The van der Waals surface area contributed by atoms with E-state index in [2.05, 4.69) is 0 Å². The van der Waals surface area contributed by atoms with Gasteiger partial charge in [0.2, 0.25) is 5.79 Å². The van der Waals surface area contributed by atoms with E-state index in [0.717, 1.165) is 0 Å². The van der Waals surface area contributed by atoms with Crippen LogP contribution in [0.5, 0.6) is 5.75 Å². The van der Waals surface area contributed by atoms with Crippen LogP contribution in [-0.4, -0.2) is 10.9 Å². The van der Waals surface area contributed by atoms with Crippen molar-refractivity contribution in [3.63, 3.8) is 0 Å². The predicted molar refractivity (Wildman–Crippen MR) is 75.9 cm³/mol. The quantitative estimate of drug-likeness (QED) is 0.875. The second-order valence-electron chi connectivity index (χ2n) is 4.89. The number of fused-ring (bicyclic) bond motifs is 1. The molecule has 0 fully saturated rings. The maximum atomic E-state index is 12.4. The molecule has 20 heavy (non-hydrogen) atoms. The van der Waals surface area contributed by atoms with E-state index in [-0.39, 0.29) is 5.78 Å². The molecule has 3 rings (SSSR count). The Hall–Kier alpha value is -1.84. The minimum Gasteiger partial charge on any atom is -0.457 e. The molecule has 0 radical (unpaired) electrons. The molecule has 1 N–H and O–H groups in total. The molecule has 1 heterocycles. The summed E-state index contributed by atoms with van der Waals surface area (Å²) in [6.45, 7) is 1.65. The molecule has 1 aliphatic rings. The lowest BCUT2D eigenvalue weighted by Crippen LogP contribution is -2.46. The van der Waals surface area contributed by atoms with Crippen LogP contribution in [0.1, 0.15) is 22.8 Å². The van der Waals surface area contributed by atoms with Crippen molar-refractivity contribution in [1.29, 1.82) is 0 Å². The number of ether oxygens (including phenoxy) is 1. The summed E-state index contributed by atoms with van der Waals surface area (Å²) >= 11 is 5.96. The molecule has 2 atom stereocenters. The van der Waals surface area contributed by atoms with E-state index >= 15 is 0 Å². The van der Waals surface area contributed by atoms with Gasteiger partial charge in [-0.1, -0.05) is 35.9 Å². The van der Waals surface area contributed by atoms with E-state index < -0.39 is 11.7 Å². The summed E-state index contributed by atoms with van der Waals surface area (Å²) in [5.74, 6) is -2.17. The van der Waals surface area contributed by atoms with Crippen molar-refractivity contribution in [2.45, 2.75) is 12.7 Å². The van der Waals surface area contributed by atoms with Crippen molar-refractivity contribution < 1.29 is 14.6 Å². The van der Waals surface area contributed by atoms with E-state index in [1.807, 2.05) is 0 Å². The monoisotopic (exact) mass is 288 g/mol. The van der Waals surface area contributed by atoms with Crippen LogP contribution in [0.25, 0.3) is 0 Å². The molecule has 0 saturated heterocycles. The summed E-state index contributed by atoms with van der Waals surface area (Å²) < 4.78 is 5.72. The van der Waals surface area contributed by atoms with Crippen LogP contribution in [0.15, 0.2) is 48.5 Å². The van der Waals surface area contributed by atoms with Crippen molar-refractivity contribution in [2.24, 2.45) is 5.92 Å². The molecule has 2 aromatic rings. The van der Waals surface area contributed by atoms with Crippen molar-refractivity contribution in [2.75, 3.05) is 0 Å². The largest absolute Gasteiger partial charge is 0.457 e. The maximum absolute atomic E-state index is 12.4. The van der Waals surface area contributed by atoms with Crippen LogP contribution in [0.2, 0.25) is 5.02 Å². The van der Waals surface area contributed by atoms with E-state index in [0.29, 0.717) is 21.9 Å². The highest BCUT2D eigenvalue weighted by molar-refractivity contribution is 6.30. The Labute approximate surface area is 121 Å². The van der Waals surface area contributed by atoms with Gasteiger partial charge in [0.1, 0.15) is 5.75 Å². The van der Waals surface area contributed by atoms with Crippen LogP contribution in [-0.2, 0) is 5.79 Å². The summed E-state index contributed by atoms with van der Waals surface area (Å²) in [6.07, 6.45) is 0. The number of benzene rings is 2. The van der Waals surface area contributed by atoms with Crippen molar-refractivity contribution in [3.8, 4) is 5.75 Å². The number of hydrogen-bond donors (Lipinski definition) is 1. The smallest absolute Gasteiger partial charge is 0.244 e. The molecule has 0 unspecified atom stereocenters. The van der Waals surface area contributed by atoms with Gasteiger partial charge in [-0.05, 0) is 31.2 Å². The third kappa shape index (κ3) is 1.90. The van der Waals surface area contributed by atoms with Crippen LogP contribution in [0, 0.1) is 5.92 Å². The molecule has 3 nitrogen and oxygen atoms in total. The van der Waals surface area contributed by atoms with E-state index in [9.17, 15) is 9.90 Å². The zero-order valence-electron chi connectivity index (χ0n) is 10.8. The molecule has 0 bridgehead atoms. The van der Waals surface area contributed by atoms with Gasteiger partial charge in [-0.3, -0.25) is 4.79 Å². The Balaban J connectivity index is 2.14. The zero-order valence-corrected chi connectivity index (χ0v) is 11.6. The minimum atomic E-state index is -1.70. The fourth-order valence-corrected chi connectivity index (χ4v) is 2.64. The lowest BCUT2D eigenvalue weighted by atomic mass is 9.84. The Morgan fingerprint density at radius 3 is 2.70 bits per heavy atom. The number of ketones is 1. The molecule has 1 aliphatic heterocycles. The molecule has 0 saturated carbocycles. The average Bonchev–Trinajstić information content (AvgIpc) is 2.45. The first-order chi connectivity index (χ1) is 9.52. The lowest BCUT2D eigenvalue weighted by molar-refractivity contribution is -0.176. The van der Waals surface area contributed by atoms with Gasteiger partial charge in [-0.25, -0.2) is 0 Å². The SMILES string of the molecule is C[C@@H]1C(=O)c2ccccc2O[C@@]1(O)c1cccc(Cl)c1. The van der Waals surface area contributed by atoms with Gasteiger partial charge in [-0.15, -0.1) is 0 Å². The van der Waals surface area contributed by atoms with Gasteiger partial charge >= 0.3 is 0 Å². The van der Waals surface area contributed by atoms with Gasteiger partial charge in [0.05, 0.1) is 11.5 Å². The first-order valence-corrected chi connectivity index (χ1v) is 6.71. The highest BCUT2D eigenvalue weighted by Gasteiger charge is 2.47. The number of carbonyl (C=O) groups excluding carboxylic acids is 1. The van der Waals surface area contributed by atoms with E-state index in [1.54, 1.807) is 55.5 Å². The molecular weight excluding hydrogens is 276 g/mol. The lowest BCUT2D eigenvalue weighted by Gasteiger charge is -2.38. The summed E-state index contributed by atoms with van der Waals surface area (Å²) in [6, 6.07) is 13.6. The number of carbonyl (C=O) groups is 1. The van der Waals surface area contributed by atoms with Crippen LogP contribution in [0.4, 0.5) is 0 Å². The van der Waals surface area contributed by atoms with Crippen LogP contribution >= 0.6 is 11.6 Å². The summed E-state index contributed by atoms with van der Waals surface area (Å²) in [4.78, 5) is 12.4. The fourth-order valence-electron chi connectivity index (χ4n) is 2.45. The number of hydrogen-bond acceptors (Lipinski definition) is 3. The van der Waals surface area contributed by atoms with Gasteiger partial charge in [0.25, 0.3) is 0 Å². The molecular formula is C16H13ClO3. The van der Waals surface area contributed by atoms with Crippen LogP contribution in [0.3, 0.4) is 0 Å². The number of rotatable bonds is 1. The topological polar surface area (TPSA) is 46.5 Å². The summed E-state index contributed by atoms with van der Waals surface area (Å²) in [7, 11) is 0. The Kier molecular flexibility index (Phi) is 3.04. The zero-order chi connectivity index (χ0) is 14.3. The van der Waals surface area contributed by atoms with Crippen molar-refractivity contribution in [3.05, 3.63) is 64.7 Å². The maximum Gasteiger partial charge on any atom is 0.244 e. The number of aliphatic hydroxyl groups is 1. The second-order valence-corrected chi connectivity index (χ2v) is 5.33. The van der Waals surface area contributed by atoms with E-state index in [1.165, 1.54) is 0 Å². The van der Waals surface area contributed by atoms with Gasteiger partial charge < -0.3 is 9.84 Å². The molecule has 0 aromatic heterocycles. The van der Waals surface area contributed by atoms with Gasteiger partial charge in [0.15, 0.2) is 5.78 Å². The normalized spacial score (nSPS) is 24.9. The number of halogens is 1. The first kappa shape index (κ1) is 13.2. The molecule has 0 aliphatic carbocycles. The van der Waals surface area contributed by atoms with Crippen molar-refractivity contribution >= 4 is 17.4 Å². The van der Waals surface area contributed by atoms with E-state index in [4.69, 9.17) is 16.3 Å². The van der Waals surface area contributed by atoms with Crippen LogP contribution < -0.4 is 4.74 Å². The molecule has 4 heteroatoms. The van der Waals surface area contributed by atoms with Gasteiger partial charge in [0, 0.05) is 10.6 Å². The minimum absolute atomic E-state index is 0.144. The highest BCUT2D eigenvalue weighted by atomic mass is 35.5.